The van der Waals surface area contributed by atoms with E-state index in [1.165, 1.54) is 18.2 Å². The van der Waals surface area contributed by atoms with Gasteiger partial charge in [-0.05, 0) is 30.4 Å². The molecule has 1 amide bonds. The normalized spacial score (nSPS) is 10.2. The molecule has 104 valence electrons. The van der Waals surface area contributed by atoms with Crippen molar-refractivity contribution < 1.29 is 14.7 Å². The zero-order valence-electron chi connectivity index (χ0n) is 10.6. The SMILES string of the molecule is CCCCSCC(=O)Nc1cc(C(=O)O)ccc1Cl. The highest BCUT2D eigenvalue weighted by atomic mass is 35.5. The van der Waals surface area contributed by atoms with Crippen molar-refractivity contribution in [3.05, 3.63) is 28.8 Å². The molecule has 0 unspecified atom stereocenters. The highest BCUT2D eigenvalue weighted by Gasteiger charge is 2.10. The van der Waals surface area contributed by atoms with Gasteiger partial charge in [0.05, 0.1) is 22.0 Å². The van der Waals surface area contributed by atoms with Gasteiger partial charge in [-0.2, -0.15) is 11.8 Å². The van der Waals surface area contributed by atoms with Crippen LogP contribution >= 0.6 is 23.4 Å². The summed E-state index contributed by atoms with van der Waals surface area (Å²) in [6.45, 7) is 2.10. The summed E-state index contributed by atoms with van der Waals surface area (Å²) in [6, 6.07) is 4.22. The molecule has 0 aromatic heterocycles. The van der Waals surface area contributed by atoms with E-state index in [4.69, 9.17) is 16.7 Å². The second-order valence-electron chi connectivity index (χ2n) is 3.95. The number of benzene rings is 1. The number of thioether (sulfide) groups is 1. The number of halogens is 1. The standard InChI is InChI=1S/C13H16ClNO3S/c1-2-3-6-19-8-12(16)15-11-7-9(13(17)18)4-5-10(11)14/h4-5,7H,2-3,6,8H2,1H3,(H,15,16)(H,17,18). The molecule has 1 aromatic rings. The number of anilines is 1. The molecule has 0 saturated heterocycles. The maximum atomic E-state index is 11.7. The monoisotopic (exact) mass is 301 g/mol. The summed E-state index contributed by atoms with van der Waals surface area (Å²) in [5.41, 5.74) is 0.431. The van der Waals surface area contributed by atoms with Crippen molar-refractivity contribution in [2.75, 3.05) is 16.8 Å². The molecule has 6 heteroatoms. The first-order valence-electron chi connectivity index (χ1n) is 5.95. The smallest absolute Gasteiger partial charge is 0.335 e. The van der Waals surface area contributed by atoms with Gasteiger partial charge in [0.2, 0.25) is 5.91 Å². The van der Waals surface area contributed by atoms with Gasteiger partial charge in [-0.25, -0.2) is 4.79 Å². The van der Waals surface area contributed by atoms with Gasteiger partial charge in [0, 0.05) is 0 Å². The topological polar surface area (TPSA) is 66.4 Å². The van der Waals surface area contributed by atoms with E-state index in [1.807, 2.05) is 0 Å². The number of carbonyl (C=O) groups is 2. The van der Waals surface area contributed by atoms with Gasteiger partial charge in [-0.15, -0.1) is 0 Å². The average molecular weight is 302 g/mol. The van der Waals surface area contributed by atoms with Crippen LogP contribution < -0.4 is 5.32 Å². The fraction of sp³-hybridized carbons (Fsp3) is 0.385. The Bertz CT molecular complexity index is 465. The molecule has 0 heterocycles. The first kappa shape index (κ1) is 15.9. The Labute approximate surface area is 121 Å². The van der Waals surface area contributed by atoms with Crippen molar-refractivity contribution in [1.29, 1.82) is 0 Å². The quantitative estimate of drug-likeness (QED) is 0.756. The van der Waals surface area contributed by atoms with Crippen LogP contribution in [0, 0.1) is 0 Å². The molecule has 0 spiro atoms. The molecule has 1 aromatic carbocycles. The number of unbranched alkanes of at least 4 members (excludes halogenated alkanes) is 1. The summed E-state index contributed by atoms with van der Waals surface area (Å²) in [7, 11) is 0. The third-order valence-electron chi connectivity index (χ3n) is 2.36. The minimum absolute atomic E-state index is 0.0957. The van der Waals surface area contributed by atoms with E-state index in [2.05, 4.69) is 12.2 Å². The number of aromatic carboxylic acids is 1. The molecule has 0 saturated carbocycles. The number of amides is 1. The Hall–Kier alpha value is -1.20. The number of rotatable bonds is 7. The molecule has 0 aliphatic carbocycles. The molecule has 0 radical (unpaired) electrons. The molecule has 0 fully saturated rings. The average Bonchev–Trinajstić information content (AvgIpc) is 2.37. The molecule has 2 N–H and O–H groups in total. The molecule has 4 nitrogen and oxygen atoms in total. The van der Waals surface area contributed by atoms with Gasteiger partial charge >= 0.3 is 5.97 Å². The van der Waals surface area contributed by atoms with E-state index < -0.39 is 5.97 Å². The van der Waals surface area contributed by atoms with E-state index >= 15 is 0 Å². The minimum Gasteiger partial charge on any atom is -0.478 e. The van der Waals surface area contributed by atoms with E-state index in [0.29, 0.717) is 16.5 Å². The summed E-state index contributed by atoms with van der Waals surface area (Å²) < 4.78 is 0. The van der Waals surface area contributed by atoms with Gasteiger partial charge in [-0.3, -0.25) is 4.79 Å². The first-order chi connectivity index (χ1) is 9.04. The summed E-state index contributed by atoms with van der Waals surface area (Å²) >= 11 is 7.46. The molecule has 1 rings (SSSR count). The Morgan fingerprint density at radius 1 is 1.42 bits per heavy atom. The van der Waals surface area contributed by atoms with Crippen molar-refractivity contribution >= 4 is 40.9 Å². The zero-order chi connectivity index (χ0) is 14.3. The van der Waals surface area contributed by atoms with Crippen LogP contribution in [-0.4, -0.2) is 28.5 Å². The summed E-state index contributed by atoms with van der Waals surface area (Å²) in [5.74, 6) is 0.0514. The molecule has 0 aliphatic heterocycles. The molecule has 0 bridgehead atoms. The minimum atomic E-state index is -1.05. The number of carbonyl (C=O) groups excluding carboxylic acids is 1. The van der Waals surface area contributed by atoms with Crippen molar-refractivity contribution in [3.8, 4) is 0 Å². The second-order valence-corrected chi connectivity index (χ2v) is 5.47. The Balaban J connectivity index is 2.58. The number of hydrogen-bond donors (Lipinski definition) is 2. The molecule has 0 aliphatic rings. The van der Waals surface area contributed by atoms with E-state index in [1.54, 1.807) is 11.8 Å². The Morgan fingerprint density at radius 3 is 2.79 bits per heavy atom. The summed E-state index contributed by atoms with van der Waals surface area (Å²) in [4.78, 5) is 22.5. The van der Waals surface area contributed by atoms with Gasteiger partial charge in [-0.1, -0.05) is 24.9 Å². The Kier molecular flexibility index (Phi) is 6.73. The van der Waals surface area contributed by atoms with Gasteiger partial charge < -0.3 is 10.4 Å². The highest BCUT2D eigenvalue weighted by molar-refractivity contribution is 7.99. The van der Waals surface area contributed by atoms with Crippen LogP contribution in [0.5, 0.6) is 0 Å². The van der Waals surface area contributed by atoms with Crippen LogP contribution in [0.25, 0.3) is 0 Å². The lowest BCUT2D eigenvalue weighted by Gasteiger charge is -2.08. The van der Waals surface area contributed by atoms with Crippen molar-refractivity contribution in [1.82, 2.24) is 0 Å². The number of carboxylic acids is 1. The van der Waals surface area contributed by atoms with Crippen LogP contribution in [0.15, 0.2) is 18.2 Å². The Morgan fingerprint density at radius 2 is 2.16 bits per heavy atom. The predicted octanol–water partition coefficient (Wildman–Crippen LogP) is 3.51. The third-order valence-corrected chi connectivity index (χ3v) is 3.74. The lowest BCUT2D eigenvalue weighted by Crippen LogP contribution is -2.15. The first-order valence-corrected chi connectivity index (χ1v) is 7.48. The van der Waals surface area contributed by atoms with Crippen LogP contribution in [0.3, 0.4) is 0 Å². The molecule has 0 atom stereocenters. The van der Waals surface area contributed by atoms with Gasteiger partial charge in [0.1, 0.15) is 0 Å². The summed E-state index contributed by atoms with van der Waals surface area (Å²) in [5, 5.41) is 11.8. The van der Waals surface area contributed by atoms with Crippen LogP contribution in [0.4, 0.5) is 5.69 Å². The lowest BCUT2D eigenvalue weighted by atomic mass is 10.2. The largest absolute Gasteiger partial charge is 0.478 e. The number of carboxylic acid groups (broad SMARTS) is 1. The lowest BCUT2D eigenvalue weighted by molar-refractivity contribution is -0.113. The van der Waals surface area contributed by atoms with E-state index in [9.17, 15) is 9.59 Å². The van der Waals surface area contributed by atoms with Gasteiger partial charge in [0.25, 0.3) is 0 Å². The molecular formula is C13H16ClNO3S. The maximum absolute atomic E-state index is 11.7. The van der Waals surface area contributed by atoms with Crippen LogP contribution in [0.2, 0.25) is 5.02 Å². The maximum Gasteiger partial charge on any atom is 0.335 e. The van der Waals surface area contributed by atoms with Crippen molar-refractivity contribution in [2.45, 2.75) is 19.8 Å². The zero-order valence-corrected chi connectivity index (χ0v) is 12.2. The van der Waals surface area contributed by atoms with Crippen molar-refractivity contribution in [2.24, 2.45) is 0 Å². The van der Waals surface area contributed by atoms with Gasteiger partial charge in [0.15, 0.2) is 0 Å². The summed E-state index contributed by atoms with van der Waals surface area (Å²) in [6.07, 6.45) is 2.17. The fourth-order valence-corrected chi connectivity index (χ4v) is 2.41. The third kappa shape index (κ3) is 5.53. The van der Waals surface area contributed by atoms with Crippen LogP contribution in [0.1, 0.15) is 30.1 Å². The number of nitrogens with one attached hydrogen (secondary N) is 1. The fourth-order valence-electron chi connectivity index (χ4n) is 1.35. The predicted molar refractivity (Wildman–Crippen MR) is 79.3 cm³/mol. The van der Waals surface area contributed by atoms with E-state index in [0.717, 1.165) is 18.6 Å². The van der Waals surface area contributed by atoms with Crippen LogP contribution in [-0.2, 0) is 4.79 Å². The second kappa shape index (κ2) is 8.07. The van der Waals surface area contributed by atoms with E-state index in [-0.39, 0.29) is 11.5 Å². The van der Waals surface area contributed by atoms with Crippen molar-refractivity contribution in [3.63, 3.8) is 0 Å². The highest BCUT2D eigenvalue weighted by Crippen LogP contribution is 2.23. The molecule has 19 heavy (non-hydrogen) atoms. The number of hydrogen-bond acceptors (Lipinski definition) is 3. The molecular weight excluding hydrogens is 286 g/mol.